The summed E-state index contributed by atoms with van der Waals surface area (Å²) >= 11 is 0. The van der Waals surface area contributed by atoms with Gasteiger partial charge in [-0.15, -0.1) is 0 Å². The first-order valence-electron chi connectivity index (χ1n) is 20.2. The van der Waals surface area contributed by atoms with Crippen LogP contribution in [0, 0.1) is 0 Å². The molecule has 0 fully saturated rings. The van der Waals surface area contributed by atoms with Gasteiger partial charge in [-0.25, -0.2) is 0 Å². The van der Waals surface area contributed by atoms with Gasteiger partial charge in [-0.3, -0.25) is 0 Å². The Morgan fingerprint density at radius 3 is 1.61 bits per heavy atom. The molecule has 0 saturated carbocycles. The first-order valence-corrected chi connectivity index (χ1v) is 20.2. The molecule has 11 aromatic carbocycles. The lowest BCUT2D eigenvalue weighted by Gasteiger charge is -2.27. The van der Waals surface area contributed by atoms with Crippen molar-refractivity contribution in [2.45, 2.75) is 0 Å². The van der Waals surface area contributed by atoms with E-state index in [-0.39, 0.29) is 0 Å². The van der Waals surface area contributed by atoms with Crippen LogP contribution in [-0.2, 0) is 0 Å². The summed E-state index contributed by atoms with van der Waals surface area (Å²) < 4.78 is 6.59. The lowest BCUT2D eigenvalue weighted by Crippen LogP contribution is -2.10. The van der Waals surface area contributed by atoms with E-state index in [1.54, 1.807) is 0 Å². The summed E-state index contributed by atoms with van der Waals surface area (Å²) in [7, 11) is 0. The normalized spacial score (nSPS) is 11.7. The molecule has 12 aromatic rings. The van der Waals surface area contributed by atoms with Crippen LogP contribution in [0.15, 0.2) is 223 Å². The molecule has 0 spiro atoms. The molecule has 0 aliphatic rings. The fourth-order valence-electron chi connectivity index (χ4n) is 9.29. The highest BCUT2D eigenvalue weighted by Crippen LogP contribution is 2.46. The van der Waals surface area contributed by atoms with Crippen molar-refractivity contribution in [3.05, 3.63) is 218 Å². The maximum Gasteiger partial charge on any atom is 0.159 e. The molecule has 0 saturated heterocycles. The molecular formula is C56H36N2O. The van der Waals surface area contributed by atoms with Crippen LogP contribution in [0.3, 0.4) is 0 Å². The van der Waals surface area contributed by atoms with Crippen LogP contribution in [0.25, 0.3) is 75.8 Å². The van der Waals surface area contributed by atoms with Crippen molar-refractivity contribution >= 4 is 110 Å². The molecule has 12 rings (SSSR count). The molecule has 0 N–H and O–H groups in total. The molecule has 1 aromatic heterocycles. The number of anilines is 6. The van der Waals surface area contributed by atoms with Crippen LogP contribution in [0.5, 0.6) is 0 Å². The summed E-state index contributed by atoms with van der Waals surface area (Å²) in [5.74, 6) is 0. The van der Waals surface area contributed by atoms with E-state index < -0.39 is 0 Å². The number of para-hydroxylation sites is 4. The van der Waals surface area contributed by atoms with Gasteiger partial charge in [0.05, 0.1) is 5.69 Å². The Morgan fingerprint density at radius 2 is 0.797 bits per heavy atom. The highest BCUT2D eigenvalue weighted by molar-refractivity contribution is 6.32. The second-order valence-electron chi connectivity index (χ2n) is 15.3. The van der Waals surface area contributed by atoms with Crippen LogP contribution in [0.1, 0.15) is 0 Å². The van der Waals surface area contributed by atoms with Crippen molar-refractivity contribution in [2.24, 2.45) is 0 Å². The number of hydrogen-bond acceptors (Lipinski definition) is 3. The standard InChI is InChI=1S/C56H36N2O/c1-3-16-40(17-4-1)57(42-28-26-37-14-7-8-15-38(37)34-42)44-30-33-47-50-31-27-39-35-43(29-32-45(39)55(50)49-22-10-9-20-46(49)52(47)36-44)58(41-18-5-2-6-19-41)53-24-13-23-51-48-21-11-12-25-54(48)59-56(51)53/h1-36H. The zero-order chi connectivity index (χ0) is 38.9. The third kappa shape index (κ3) is 5.36. The molecular weight excluding hydrogens is 717 g/mol. The monoisotopic (exact) mass is 752 g/mol. The van der Waals surface area contributed by atoms with Gasteiger partial charge in [0.1, 0.15) is 5.58 Å². The van der Waals surface area contributed by atoms with Gasteiger partial charge in [0.15, 0.2) is 5.58 Å². The molecule has 0 atom stereocenters. The third-order valence-corrected chi connectivity index (χ3v) is 11.9. The van der Waals surface area contributed by atoms with Gasteiger partial charge in [-0.05, 0) is 127 Å². The summed E-state index contributed by atoms with van der Waals surface area (Å²) in [4.78, 5) is 4.69. The minimum atomic E-state index is 0.874. The lowest BCUT2D eigenvalue weighted by molar-refractivity contribution is 0.669. The molecule has 3 heteroatoms. The number of benzene rings is 11. The Bertz CT molecular complexity index is 3550. The van der Waals surface area contributed by atoms with Crippen LogP contribution in [-0.4, -0.2) is 0 Å². The molecule has 0 bridgehead atoms. The second kappa shape index (κ2) is 13.4. The van der Waals surface area contributed by atoms with Crippen molar-refractivity contribution in [3.63, 3.8) is 0 Å². The molecule has 3 nitrogen and oxygen atoms in total. The molecule has 0 unspecified atom stereocenters. The Hall–Kier alpha value is -7.88. The van der Waals surface area contributed by atoms with Crippen LogP contribution >= 0.6 is 0 Å². The molecule has 59 heavy (non-hydrogen) atoms. The molecule has 0 aliphatic carbocycles. The van der Waals surface area contributed by atoms with Crippen molar-refractivity contribution in [2.75, 3.05) is 9.80 Å². The quantitative estimate of drug-likeness (QED) is 0.158. The number of fused-ring (bicyclic) bond motifs is 12. The molecule has 0 radical (unpaired) electrons. The second-order valence-corrected chi connectivity index (χ2v) is 15.3. The van der Waals surface area contributed by atoms with E-state index >= 15 is 0 Å². The van der Waals surface area contributed by atoms with Gasteiger partial charge in [0.25, 0.3) is 0 Å². The molecule has 0 aliphatic heterocycles. The maximum atomic E-state index is 6.59. The minimum Gasteiger partial charge on any atom is -0.454 e. The average molecular weight is 753 g/mol. The predicted octanol–water partition coefficient (Wildman–Crippen LogP) is 16.3. The summed E-state index contributed by atoms with van der Waals surface area (Å²) in [5.41, 5.74) is 8.28. The van der Waals surface area contributed by atoms with Gasteiger partial charge in [-0.1, -0.05) is 146 Å². The van der Waals surface area contributed by atoms with E-state index in [0.29, 0.717) is 0 Å². The van der Waals surface area contributed by atoms with E-state index in [0.717, 1.165) is 56.1 Å². The van der Waals surface area contributed by atoms with Gasteiger partial charge in [0, 0.05) is 39.2 Å². The van der Waals surface area contributed by atoms with Crippen LogP contribution in [0.4, 0.5) is 34.1 Å². The van der Waals surface area contributed by atoms with Crippen molar-refractivity contribution in [3.8, 4) is 0 Å². The summed E-state index contributed by atoms with van der Waals surface area (Å²) in [6.45, 7) is 0. The molecule has 0 amide bonds. The topological polar surface area (TPSA) is 19.6 Å². The highest BCUT2D eigenvalue weighted by atomic mass is 16.3. The van der Waals surface area contributed by atoms with Crippen molar-refractivity contribution < 1.29 is 4.42 Å². The Balaban J connectivity index is 1.05. The largest absolute Gasteiger partial charge is 0.454 e. The van der Waals surface area contributed by atoms with E-state index in [1.165, 1.54) is 53.9 Å². The highest BCUT2D eigenvalue weighted by Gasteiger charge is 2.21. The third-order valence-electron chi connectivity index (χ3n) is 11.9. The SMILES string of the molecule is c1ccc(N(c2ccc3ccccc3c2)c2ccc3c(c2)c2ccccc2c2c4ccc(N(c5ccccc5)c5cccc6c5oc5ccccc56)cc4ccc32)cc1. The smallest absolute Gasteiger partial charge is 0.159 e. The Kier molecular flexibility index (Phi) is 7.54. The van der Waals surface area contributed by atoms with E-state index in [4.69, 9.17) is 4.42 Å². The number of nitrogens with zero attached hydrogens (tertiary/aromatic N) is 2. The predicted molar refractivity (Wildman–Crippen MR) is 251 cm³/mol. The minimum absolute atomic E-state index is 0.874. The number of rotatable bonds is 6. The van der Waals surface area contributed by atoms with Gasteiger partial charge in [0.2, 0.25) is 0 Å². The first-order chi connectivity index (χ1) is 29.3. The van der Waals surface area contributed by atoms with E-state index in [9.17, 15) is 0 Å². The van der Waals surface area contributed by atoms with Gasteiger partial charge >= 0.3 is 0 Å². The van der Waals surface area contributed by atoms with E-state index in [2.05, 4.69) is 216 Å². The summed E-state index contributed by atoms with van der Waals surface area (Å²) in [6.07, 6.45) is 0. The molecule has 276 valence electrons. The molecule has 1 heterocycles. The van der Waals surface area contributed by atoms with Crippen molar-refractivity contribution in [1.82, 2.24) is 0 Å². The fourth-order valence-corrected chi connectivity index (χ4v) is 9.29. The number of furan rings is 1. The lowest BCUT2D eigenvalue weighted by atomic mass is 9.90. The van der Waals surface area contributed by atoms with Gasteiger partial charge in [-0.2, -0.15) is 0 Å². The average Bonchev–Trinajstić information content (AvgIpc) is 3.69. The van der Waals surface area contributed by atoms with Crippen LogP contribution in [0.2, 0.25) is 0 Å². The zero-order valence-electron chi connectivity index (χ0n) is 32.1. The Labute approximate surface area is 341 Å². The summed E-state index contributed by atoms with van der Waals surface area (Å²) in [6, 6.07) is 78.7. The van der Waals surface area contributed by atoms with Crippen LogP contribution < -0.4 is 9.80 Å². The Morgan fingerprint density at radius 1 is 0.271 bits per heavy atom. The zero-order valence-corrected chi connectivity index (χ0v) is 32.1. The maximum absolute atomic E-state index is 6.59. The van der Waals surface area contributed by atoms with E-state index in [1.807, 2.05) is 12.1 Å². The van der Waals surface area contributed by atoms with Crippen molar-refractivity contribution in [1.29, 1.82) is 0 Å². The fraction of sp³-hybridized carbons (Fsp3) is 0. The number of hydrogen-bond donors (Lipinski definition) is 0. The first kappa shape index (κ1) is 33.3. The van der Waals surface area contributed by atoms with Gasteiger partial charge < -0.3 is 14.2 Å². The summed E-state index contributed by atoms with van der Waals surface area (Å²) in [5, 5.41) is 14.6.